The van der Waals surface area contributed by atoms with Gasteiger partial charge in [0.2, 0.25) is 11.1 Å². The van der Waals surface area contributed by atoms with Gasteiger partial charge in [0.05, 0.1) is 18.6 Å². The van der Waals surface area contributed by atoms with Crippen LogP contribution < -0.4 is 10.1 Å². The number of anilines is 1. The first-order valence-corrected chi connectivity index (χ1v) is 7.56. The van der Waals surface area contributed by atoms with Gasteiger partial charge in [-0.3, -0.25) is 9.89 Å². The molecule has 0 aliphatic carbocycles. The molecule has 0 atom stereocenters. The number of carbonyl (C=O) groups excluding carboxylic acids is 1. The lowest BCUT2D eigenvalue weighted by atomic mass is 10.2. The van der Waals surface area contributed by atoms with Crippen LogP contribution in [0.25, 0.3) is 0 Å². The van der Waals surface area contributed by atoms with E-state index in [9.17, 15) is 4.79 Å². The number of aromatic amines is 1. The van der Waals surface area contributed by atoms with Crippen molar-refractivity contribution < 1.29 is 9.53 Å². The van der Waals surface area contributed by atoms with Gasteiger partial charge < -0.3 is 10.1 Å². The predicted octanol–water partition coefficient (Wildman–Crippen LogP) is 2.67. The Kier molecular flexibility index (Phi) is 5.21. The molecule has 0 saturated heterocycles. The van der Waals surface area contributed by atoms with Gasteiger partial charge in [0.1, 0.15) is 11.6 Å². The zero-order valence-electron chi connectivity index (χ0n) is 12.2. The highest BCUT2D eigenvalue weighted by atomic mass is 32.2. The molecule has 0 saturated carbocycles. The largest absolute Gasteiger partial charge is 0.495 e. The SMILES string of the molecule is COc1ccccc1NC(=O)CSc1n[nH]c(C(C)C)n1. The molecule has 0 aliphatic rings. The molecule has 112 valence electrons. The summed E-state index contributed by atoms with van der Waals surface area (Å²) in [5.41, 5.74) is 0.656. The van der Waals surface area contributed by atoms with Gasteiger partial charge in [0.15, 0.2) is 0 Å². The summed E-state index contributed by atoms with van der Waals surface area (Å²) < 4.78 is 5.19. The standard InChI is InChI=1S/C14H18N4O2S/c1-9(2)13-16-14(18-17-13)21-8-12(19)15-10-6-4-5-7-11(10)20-3/h4-7,9H,8H2,1-3H3,(H,15,19)(H,16,17,18). The molecule has 7 heteroatoms. The number of rotatable bonds is 6. The number of nitrogens with zero attached hydrogens (tertiary/aromatic N) is 2. The molecule has 1 heterocycles. The van der Waals surface area contributed by atoms with Crippen LogP contribution in [0.3, 0.4) is 0 Å². The van der Waals surface area contributed by atoms with Crippen LogP contribution in [0.2, 0.25) is 0 Å². The summed E-state index contributed by atoms with van der Waals surface area (Å²) in [5, 5.41) is 10.3. The molecule has 6 nitrogen and oxygen atoms in total. The number of amides is 1. The van der Waals surface area contributed by atoms with Gasteiger partial charge in [0, 0.05) is 5.92 Å². The summed E-state index contributed by atoms with van der Waals surface area (Å²) in [5.74, 6) is 1.86. The van der Waals surface area contributed by atoms with Crippen molar-refractivity contribution in [1.82, 2.24) is 15.2 Å². The molecule has 0 aliphatic heterocycles. The number of thioether (sulfide) groups is 1. The fourth-order valence-electron chi connectivity index (χ4n) is 1.65. The third-order valence-electron chi connectivity index (χ3n) is 2.74. The van der Waals surface area contributed by atoms with E-state index in [4.69, 9.17) is 4.74 Å². The maximum Gasteiger partial charge on any atom is 0.234 e. The molecular weight excluding hydrogens is 288 g/mol. The molecule has 2 N–H and O–H groups in total. The number of nitrogens with one attached hydrogen (secondary N) is 2. The van der Waals surface area contributed by atoms with Gasteiger partial charge in [-0.05, 0) is 12.1 Å². The normalized spacial score (nSPS) is 10.7. The second kappa shape index (κ2) is 7.12. The number of benzene rings is 1. The monoisotopic (exact) mass is 306 g/mol. The number of aromatic nitrogens is 3. The molecule has 1 aromatic heterocycles. The third-order valence-corrected chi connectivity index (χ3v) is 3.59. The zero-order valence-corrected chi connectivity index (χ0v) is 13.0. The van der Waals surface area contributed by atoms with Crippen molar-refractivity contribution in [1.29, 1.82) is 0 Å². The Morgan fingerprint density at radius 3 is 2.86 bits per heavy atom. The second-order valence-corrected chi connectivity index (χ2v) is 5.64. The molecule has 2 rings (SSSR count). The molecule has 2 aromatic rings. The summed E-state index contributed by atoms with van der Waals surface area (Å²) in [6.07, 6.45) is 0. The van der Waals surface area contributed by atoms with E-state index < -0.39 is 0 Å². The lowest BCUT2D eigenvalue weighted by Gasteiger charge is -2.08. The number of methoxy groups -OCH3 is 1. The van der Waals surface area contributed by atoms with Crippen LogP contribution in [-0.2, 0) is 4.79 Å². The van der Waals surface area contributed by atoms with Gasteiger partial charge in [-0.15, -0.1) is 5.10 Å². The molecule has 0 spiro atoms. The maximum atomic E-state index is 11.9. The van der Waals surface area contributed by atoms with Gasteiger partial charge in [0.25, 0.3) is 0 Å². The second-order valence-electron chi connectivity index (χ2n) is 4.70. The minimum atomic E-state index is -0.125. The number of hydrogen-bond donors (Lipinski definition) is 2. The van der Waals surface area contributed by atoms with Crippen LogP contribution in [0.4, 0.5) is 5.69 Å². The van der Waals surface area contributed by atoms with Gasteiger partial charge in [-0.2, -0.15) is 0 Å². The van der Waals surface area contributed by atoms with E-state index in [2.05, 4.69) is 20.5 Å². The number of hydrogen-bond acceptors (Lipinski definition) is 5. The summed E-state index contributed by atoms with van der Waals surface area (Å²) >= 11 is 1.29. The molecule has 1 aromatic carbocycles. The molecule has 0 fully saturated rings. The minimum Gasteiger partial charge on any atom is -0.495 e. The number of carbonyl (C=O) groups is 1. The number of H-pyrrole nitrogens is 1. The van der Waals surface area contributed by atoms with Crippen molar-refractivity contribution in [2.75, 3.05) is 18.2 Å². The lowest BCUT2D eigenvalue weighted by Crippen LogP contribution is -2.14. The van der Waals surface area contributed by atoms with Gasteiger partial charge >= 0.3 is 0 Å². The Bertz CT molecular complexity index is 613. The molecule has 0 bridgehead atoms. The van der Waals surface area contributed by atoms with E-state index in [0.29, 0.717) is 16.6 Å². The molecule has 21 heavy (non-hydrogen) atoms. The van der Waals surface area contributed by atoms with Crippen molar-refractivity contribution in [2.24, 2.45) is 0 Å². The third kappa shape index (κ3) is 4.22. The first-order chi connectivity index (χ1) is 10.1. The zero-order chi connectivity index (χ0) is 15.2. The van der Waals surface area contributed by atoms with E-state index in [1.165, 1.54) is 11.8 Å². The van der Waals surface area contributed by atoms with Gasteiger partial charge in [-0.1, -0.05) is 37.7 Å². The van der Waals surface area contributed by atoms with E-state index in [0.717, 1.165) is 5.82 Å². The van der Waals surface area contributed by atoms with Crippen LogP contribution in [-0.4, -0.2) is 34.0 Å². The topological polar surface area (TPSA) is 79.9 Å². The predicted molar refractivity (Wildman–Crippen MR) is 82.8 cm³/mol. The summed E-state index contributed by atoms with van der Waals surface area (Å²) in [4.78, 5) is 16.3. The Balaban J connectivity index is 1.89. The average Bonchev–Trinajstić information content (AvgIpc) is 2.95. The smallest absolute Gasteiger partial charge is 0.234 e. The fraction of sp³-hybridized carbons (Fsp3) is 0.357. The van der Waals surface area contributed by atoms with E-state index >= 15 is 0 Å². The van der Waals surface area contributed by atoms with Crippen LogP contribution >= 0.6 is 11.8 Å². The summed E-state index contributed by atoms with van der Waals surface area (Å²) in [6, 6.07) is 7.29. The Morgan fingerprint density at radius 1 is 1.43 bits per heavy atom. The van der Waals surface area contributed by atoms with Crippen LogP contribution in [0.15, 0.2) is 29.4 Å². The number of para-hydroxylation sites is 2. The Labute approximate surface area is 127 Å². The molecule has 0 radical (unpaired) electrons. The highest BCUT2D eigenvalue weighted by molar-refractivity contribution is 7.99. The van der Waals surface area contributed by atoms with Crippen molar-refractivity contribution in [3.8, 4) is 5.75 Å². The molecule has 0 unspecified atom stereocenters. The quantitative estimate of drug-likeness (QED) is 0.802. The van der Waals surface area contributed by atoms with Gasteiger partial charge in [-0.25, -0.2) is 4.98 Å². The fourth-order valence-corrected chi connectivity index (χ4v) is 2.25. The van der Waals surface area contributed by atoms with E-state index in [1.54, 1.807) is 19.2 Å². The minimum absolute atomic E-state index is 0.125. The first kappa shape index (κ1) is 15.4. The van der Waals surface area contributed by atoms with Crippen molar-refractivity contribution in [2.45, 2.75) is 24.9 Å². The highest BCUT2D eigenvalue weighted by Gasteiger charge is 2.11. The molecule has 1 amide bonds. The lowest BCUT2D eigenvalue weighted by molar-refractivity contribution is -0.113. The van der Waals surface area contributed by atoms with Crippen LogP contribution in [0.5, 0.6) is 5.75 Å². The summed E-state index contributed by atoms with van der Waals surface area (Å²) in [6.45, 7) is 4.06. The Hall–Kier alpha value is -2.02. The van der Waals surface area contributed by atoms with Crippen molar-refractivity contribution in [3.05, 3.63) is 30.1 Å². The van der Waals surface area contributed by atoms with Crippen LogP contribution in [0, 0.1) is 0 Å². The number of ether oxygens (including phenoxy) is 1. The molecular formula is C14H18N4O2S. The van der Waals surface area contributed by atoms with Crippen molar-refractivity contribution in [3.63, 3.8) is 0 Å². The maximum absolute atomic E-state index is 11.9. The Morgan fingerprint density at radius 2 is 2.19 bits per heavy atom. The highest BCUT2D eigenvalue weighted by Crippen LogP contribution is 2.23. The van der Waals surface area contributed by atoms with Crippen LogP contribution in [0.1, 0.15) is 25.6 Å². The van der Waals surface area contributed by atoms with Crippen molar-refractivity contribution >= 4 is 23.4 Å². The van der Waals surface area contributed by atoms with E-state index in [-0.39, 0.29) is 17.6 Å². The average molecular weight is 306 g/mol. The summed E-state index contributed by atoms with van der Waals surface area (Å²) in [7, 11) is 1.57. The van der Waals surface area contributed by atoms with E-state index in [1.807, 2.05) is 26.0 Å². The first-order valence-electron chi connectivity index (χ1n) is 6.58.